The molecule has 0 aliphatic rings. The molecule has 0 radical (unpaired) electrons. The van der Waals surface area contributed by atoms with Crippen molar-refractivity contribution in [1.82, 2.24) is 4.90 Å². The summed E-state index contributed by atoms with van der Waals surface area (Å²) < 4.78 is 0. The number of rotatable bonds is 4. The molecule has 0 spiro atoms. The van der Waals surface area contributed by atoms with Crippen molar-refractivity contribution in [2.24, 2.45) is 11.5 Å². The molecule has 10 heavy (non-hydrogen) atoms. The summed E-state index contributed by atoms with van der Waals surface area (Å²) in [5, 5.41) is 0. The van der Waals surface area contributed by atoms with Crippen LogP contribution in [-0.2, 0) is 0 Å². The summed E-state index contributed by atoms with van der Waals surface area (Å²) in [6.07, 6.45) is 0. The SMILES string of the molecule is CC(N)C(C)N(C)CCN. The van der Waals surface area contributed by atoms with E-state index in [0.29, 0.717) is 12.6 Å². The molecule has 0 aliphatic carbocycles. The Morgan fingerprint density at radius 2 is 1.90 bits per heavy atom. The van der Waals surface area contributed by atoms with E-state index in [0.717, 1.165) is 6.54 Å². The number of nitrogens with two attached hydrogens (primary N) is 2. The average molecular weight is 145 g/mol. The van der Waals surface area contributed by atoms with Gasteiger partial charge in [0.05, 0.1) is 0 Å². The lowest BCUT2D eigenvalue weighted by Crippen LogP contribution is -2.44. The largest absolute Gasteiger partial charge is 0.329 e. The first kappa shape index (κ1) is 9.88. The minimum absolute atomic E-state index is 0.219. The fourth-order valence-electron chi connectivity index (χ4n) is 0.809. The molecule has 0 fully saturated rings. The van der Waals surface area contributed by atoms with Gasteiger partial charge in [-0.25, -0.2) is 0 Å². The van der Waals surface area contributed by atoms with Crippen LogP contribution in [0.25, 0.3) is 0 Å². The third kappa shape index (κ3) is 3.15. The first-order valence-corrected chi connectivity index (χ1v) is 3.75. The molecule has 0 saturated heterocycles. The van der Waals surface area contributed by atoms with Crippen molar-refractivity contribution in [1.29, 1.82) is 0 Å². The van der Waals surface area contributed by atoms with Gasteiger partial charge in [-0.15, -0.1) is 0 Å². The molecule has 3 nitrogen and oxygen atoms in total. The topological polar surface area (TPSA) is 55.3 Å². The van der Waals surface area contributed by atoms with Crippen LogP contribution in [0.15, 0.2) is 0 Å². The standard InChI is InChI=1S/C7H19N3/c1-6(9)7(2)10(3)5-4-8/h6-7H,4-5,8-9H2,1-3H3. The van der Waals surface area contributed by atoms with Gasteiger partial charge in [-0.1, -0.05) is 0 Å². The monoisotopic (exact) mass is 145 g/mol. The predicted octanol–water partition coefficient (Wildman–Crippen LogP) is -0.387. The number of hydrogen-bond donors (Lipinski definition) is 2. The van der Waals surface area contributed by atoms with E-state index in [1.807, 2.05) is 14.0 Å². The molecule has 2 atom stereocenters. The van der Waals surface area contributed by atoms with Crippen molar-refractivity contribution in [2.75, 3.05) is 20.1 Å². The van der Waals surface area contributed by atoms with Crippen LogP contribution < -0.4 is 11.5 Å². The third-order valence-electron chi connectivity index (χ3n) is 1.94. The smallest absolute Gasteiger partial charge is 0.0213 e. The maximum absolute atomic E-state index is 5.68. The molecular formula is C7H19N3. The van der Waals surface area contributed by atoms with E-state index in [2.05, 4.69) is 11.8 Å². The number of nitrogens with zero attached hydrogens (tertiary/aromatic N) is 1. The van der Waals surface area contributed by atoms with Gasteiger partial charge in [0.2, 0.25) is 0 Å². The lowest BCUT2D eigenvalue weighted by molar-refractivity contribution is 0.239. The summed E-state index contributed by atoms with van der Waals surface area (Å²) in [6.45, 7) is 5.74. The van der Waals surface area contributed by atoms with E-state index < -0.39 is 0 Å². The summed E-state index contributed by atoms with van der Waals surface area (Å²) in [6, 6.07) is 0.639. The van der Waals surface area contributed by atoms with E-state index in [-0.39, 0.29) is 6.04 Å². The van der Waals surface area contributed by atoms with Crippen molar-refractivity contribution < 1.29 is 0 Å². The van der Waals surface area contributed by atoms with Crippen LogP contribution in [0.2, 0.25) is 0 Å². The van der Waals surface area contributed by atoms with Crippen LogP contribution in [0.1, 0.15) is 13.8 Å². The highest BCUT2D eigenvalue weighted by atomic mass is 15.1. The van der Waals surface area contributed by atoms with Gasteiger partial charge < -0.3 is 16.4 Å². The van der Waals surface area contributed by atoms with Crippen LogP contribution in [0, 0.1) is 0 Å². The number of hydrogen-bond acceptors (Lipinski definition) is 3. The second-order valence-corrected chi connectivity index (χ2v) is 2.87. The highest BCUT2D eigenvalue weighted by Crippen LogP contribution is 1.97. The van der Waals surface area contributed by atoms with Gasteiger partial charge in [-0.2, -0.15) is 0 Å². The first-order chi connectivity index (χ1) is 4.59. The molecule has 0 amide bonds. The van der Waals surface area contributed by atoms with Crippen LogP contribution >= 0.6 is 0 Å². The Balaban J connectivity index is 3.58. The third-order valence-corrected chi connectivity index (χ3v) is 1.94. The molecule has 3 heteroatoms. The lowest BCUT2D eigenvalue weighted by atomic mass is 10.1. The molecule has 0 aromatic rings. The Hall–Kier alpha value is -0.120. The maximum Gasteiger partial charge on any atom is 0.0213 e. The van der Waals surface area contributed by atoms with Crippen molar-refractivity contribution in [3.63, 3.8) is 0 Å². The summed E-state index contributed by atoms with van der Waals surface area (Å²) in [5.74, 6) is 0. The van der Waals surface area contributed by atoms with Gasteiger partial charge in [0.25, 0.3) is 0 Å². The minimum Gasteiger partial charge on any atom is -0.329 e. The highest BCUT2D eigenvalue weighted by Gasteiger charge is 2.11. The Bertz CT molecular complexity index is 82.9. The Morgan fingerprint density at radius 3 is 2.20 bits per heavy atom. The van der Waals surface area contributed by atoms with E-state index in [4.69, 9.17) is 11.5 Å². The molecule has 62 valence electrons. The summed E-state index contributed by atoms with van der Waals surface area (Å²) in [4.78, 5) is 2.17. The van der Waals surface area contributed by atoms with Crippen LogP contribution in [0.3, 0.4) is 0 Å². The highest BCUT2D eigenvalue weighted by molar-refractivity contribution is 4.71. The molecule has 0 rings (SSSR count). The average Bonchev–Trinajstić information content (AvgIpc) is 1.87. The van der Waals surface area contributed by atoms with Gasteiger partial charge in [-0.3, -0.25) is 0 Å². The second-order valence-electron chi connectivity index (χ2n) is 2.87. The zero-order valence-electron chi connectivity index (χ0n) is 7.17. The molecule has 0 heterocycles. The molecule has 0 aromatic carbocycles. The van der Waals surface area contributed by atoms with Crippen molar-refractivity contribution in [3.05, 3.63) is 0 Å². The zero-order chi connectivity index (χ0) is 8.15. The van der Waals surface area contributed by atoms with E-state index in [9.17, 15) is 0 Å². The number of likely N-dealkylation sites (N-methyl/N-ethyl adjacent to an activating group) is 1. The normalized spacial score (nSPS) is 17.4. The van der Waals surface area contributed by atoms with Crippen molar-refractivity contribution >= 4 is 0 Å². The van der Waals surface area contributed by atoms with Gasteiger partial charge in [0, 0.05) is 25.2 Å². The molecular weight excluding hydrogens is 126 g/mol. The van der Waals surface area contributed by atoms with Gasteiger partial charge in [-0.05, 0) is 20.9 Å². The maximum atomic E-state index is 5.68. The van der Waals surface area contributed by atoms with Crippen LogP contribution in [-0.4, -0.2) is 37.1 Å². The van der Waals surface area contributed by atoms with E-state index >= 15 is 0 Å². The molecule has 2 unspecified atom stereocenters. The van der Waals surface area contributed by atoms with Gasteiger partial charge in [0.1, 0.15) is 0 Å². The molecule has 0 aromatic heterocycles. The molecule has 0 bridgehead atoms. The quantitative estimate of drug-likeness (QED) is 0.566. The van der Waals surface area contributed by atoms with Crippen molar-refractivity contribution in [3.8, 4) is 0 Å². The summed E-state index contributed by atoms with van der Waals surface area (Å²) in [7, 11) is 2.04. The summed E-state index contributed by atoms with van der Waals surface area (Å²) >= 11 is 0. The molecule has 4 N–H and O–H groups in total. The van der Waals surface area contributed by atoms with E-state index in [1.165, 1.54) is 0 Å². The van der Waals surface area contributed by atoms with Gasteiger partial charge in [0.15, 0.2) is 0 Å². The zero-order valence-corrected chi connectivity index (χ0v) is 7.17. The predicted molar refractivity (Wildman–Crippen MR) is 44.8 cm³/mol. The second kappa shape index (κ2) is 4.66. The van der Waals surface area contributed by atoms with E-state index in [1.54, 1.807) is 0 Å². The van der Waals surface area contributed by atoms with Gasteiger partial charge >= 0.3 is 0 Å². The van der Waals surface area contributed by atoms with Crippen LogP contribution in [0.5, 0.6) is 0 Å². The fourth-order valence-corrected chi connectivity index (χ4v) is 0.809. The summed E-state index contributed by atoms with van der Waals surface area (Å²) in [5.41, 5.74) is 11.1. The van der Waals surface area contributed by atoms with Crippen molar-refractivity contribution in [2.45, 2.75) is 25.9 Å². The Morgan fingerprint density at radius 1 is 1.40 bits per heavy atom. The fraction of sp³-hybridized carbons (Fsp3) is 1.00. The first-order valence-electron chi connectivity index (χ1n) is 3.75. The van der Waals surface area contributed by atoms with Crippen LogP contribution in [0.4, 0.5) is 0 Å². The Kier molecular flexibility index (Phi) is 4.60. The lowest BCUT2D eigenvalue weighted by Gasteiger charge is -2.26. The molecule has 0 saturated carbocycles. The Labute approximate surface area is 63.4 Å². The minimum atomic E-state index is 0.219. The molecule has 0 aliphatic heterocycles.